The van der Waals surface area contributed by atoms with E-state index in [0.717, 1.165) is 22.4 Å². The molecule has 0 atom stereocenters. The normalized spacial score (nSPS) is 14.7. The van der Waals surface area contributed by atoms with Crippen LogP contribution in [0.5, 0.6) is 0 Å². The molecule has 0 amide bonds. The minimum Gasteiger partial charge on any atom is -0.423 e. The first-order valence-electron chi connectivity index (χ1n) is 9.25. The Morgan fingerprint density at radius 1 is 1.00 bits per heavy atom. The average Bonchev–Trinajstić information content (AvgIpc) is 3.54. The first-order chi connectivity index (χ1) is 12.5. The van der Waals surface area contributed by atoms with Crippen molar-refractivity contribution < 1.29 is 28.9 Å². The molecule has 4 rings (SSSR count). The Kier molecular flexibility index (Phi) is 11.5. The molecule has 0 unspecified atom stereocenters. The standard InChI is InChI=1S/C8H10BNO2.C8H8BrN.C4H9.Li/c11-9(12)8-3-7(4-10-5-8)6-1-2-6;9-8-3-7(4-10-5-8)6-1-2-6;1-3-4-2;/h3-6,11-12H,1-2H2;3-6H,1-2H2;1,3-4H2,2H3;/q;;-1;+1. The van der Waals surface area contributed by atoms with Crippen LogP contribution in [0.3, 0.4) is 0 Å². The van der Waals surface area contributed by atoms with E-state index in [1.54, 1.807) is 6.20 Å². The van der Waals surface area contributed by atoms with Crippen molar-refractivity contribution in [3.05, 3.63) is 59.4 Å². The summed E-state index contributed by atoms with van der Waals surface area (Å²) in [5, 5.41) is 17.7. The Morgan fingerprint density at radius 2 is 1.48 bits per heavy atom. The maximum atomic E-state index is 8.87. The number of unbranched alkanes of at least 4 members (excludes halogenated alkanes) is 1. The number of hydrogen-bond acceptors (Lipinski definition) is 4. The van der Waals surface area contributed by atoms with E-state index in [2.05, 4.69) is 45.8 Å². The monoisotopic (exact) mass is 424 g/mol. The molecule has 2 heterocycles. The van der Waals surface area contributed by atoms with E-state index in [0.29, 0.717) is 11.4 Å². The largest absolute Gasteiger partial charge is 1.00 e. The summed E-state index contributed by atoms with van der Waals surface area (Å²) >= 11 is 3.40. The van der Waals surface area contributed by atoms with Gasteiger partial charge in [-0.05, 0) is 70.6 Å². The number of halogens is 1. The van der Waals surface area contributed by atoms with Gasteiger partial charge in [0.2, 0.25) is 0 Å². The van der Waals surface area contributed by atoms with Crippen LogP contribution in [-0.2, 0) is 0 Å². The van der Waals surface area contributed by atoms with Gasteiger partial charge < -0.3 is 17.0 Å². The Hall–Kier alpha value is -0.638. The molecule has 140 valence electrons. The topological polar surface area (TPSA) is 66.2 Å². The zero-order chi connectivity index (χ0) is 18.9. The fourth-order valence-corrected chi connectivity index (χ4v) is 2.71. The van der Waals surface area contributed by atoms with Crippen LogP contribution in [0.1, 0.15) is 68.4 Å². The fraction of sp³-hybridized carbons (Fsp3) is 0.450. The van der Waals surface area contributed by atoms with Gasteiger partial charge in [0.1, 0.15) is 0 Å². The first kappa shape index (κ1) is 24.4. The van der Waals surface area contributed by atoms with Gasteiger partial charge in [-0.15, -0.1) is 0 Å². The first-order valence-corrected chi connectivity index (χ1v) is 10.0. The van der Waals surface area contributed by atoms with Gasteiger partial charge >= 0.3 is 26.0 Å². The molecular formula is C20H27BBrLiN2O2. The van der Waals surface area contributed by atoms with Crippen molar-refractivity contribution in [1.29, 1.82) is 0 Å². The summed E-state index contributed by atoms with van der Waals surface area (Å²) in [5.41, 5.74) is 2.99. The second-order valence-electron chi connectivity index (χ2n) is 6.76. The molecule has 0 radical (unpaired) electrons. The summed E-state index contributed by atoms with van der Waals surface area (Å²) in [6.07, 6.45) is 14.4. The maximum absolute atomic E-state index is 8.87. The van der Waals surface area contributed by atoms with Gasteiger partial charge in [-0.25, -0.2) is 0 Å². The Morgan fingerprint density at radius 3 is 1.89 bits per heavy atom. The van der Waals surface area contributed by atoms with Crippen molar-refractivity contribution >= 4 is 28.5 Å². The zero-order valence-electron chi connectivity index (χ0n) is 16.3. The minimum atomic E-state index is -1.39. The molecule has 0 spiro atoms. The van der Waals surface area contributed by atoms with Crippen LogP contribution in [0.15, 0.2) is 41.4 Å². The van der Waals surface area contributed by atoms with Crippen LogP contribution in [0.25, 0.3) is 0 Å². The zero-order valence-corrected chi connectivity index (χ0v) is 17.9. The second-order valence-corrected chi connectivity index (χ2v) is 7.68. The molecule has 2 aromatic rings. The second kappa shape index (κ2) is 12.7. The van der Waals surface area contributed by atoms with Crippen molar-refractivity contribution in [2.45, 2.75) is 57.3 Å². The van der Waals surface area contributed by atoms with E-state index in [1.807, 2.05) is 18.5 Å². The summed E-state index contributed by atoms with van der Waals surface area (Å²) in [4.78, 5) is 8.05. The summed E-state index contributed by atoms with van der Waals surface area (Å²) in [7, 11) is -1.39. The van der Waals surface area contributed by atoms with Crippen molar-refractivity contribution in [1.82, 2.24) is 9.97 Å². The fourth-order valence-electron chi connectivity index (χ4n) is 2.33. The molecule has 27 heavy (non-hydrogen) atoms. The van der Waals surface area contributed by atoms with E-state index in [-0.39, 0.29) is 18.9 Å². The molecule has 0 aliphatic heterocycles. The van der Waals surface area contributed by atoms with E-state index in [1.165, 1.54) is 43.9 Å². The predicted molar refractivity (Wildman–Crippen MR) is 110 cm³/mol. The Bertz CT molecular complexity index is 663. The molecule has 0 aromatic carbocycles. The minimum absolute atomic E-state index is 0. The quantitative estimate of drug-likeness (QED) is 0.567. The van der Waals surface area contributed by atoms with Gasteiger partial charge in [-0.2, -0.15) is 6.42 Å². The average molecular weight is 425 g/mol. The van der Waals surface area contributed by atoms with E-state index >= 15 is 0 Å². The molecule has 2 aliphatic carbocycles. The van der Waals surface area contributed by atoms with E-state index in [9.17, 15) is 0 Å². The molecule has 2 aliphatic rings. The summed E-state index contributed by atoms with van der Waals surface area (Å²) in [5.74, 6) is 1.42. The Labute approximate surface area is 183 Å². The van der Waals surface area contributed by atoms with Crippen molar-refractivity contribution in [3.63, 3.8) is 0 Å². The molecule has 2 aromatic heterocycles. The van der Waals surface area contributed by atoms with Crippen LogP contribution in [0.2, 0.25) is 0 Å². The van der Waals surface area contributed by atoms with Gasteiger partial charge in [0, 0.05) is 34.7 Å². The van der Waals surface area contributed by atoms with Crippen LogP contribution in [0.4, 0.5) is 0 Å². The van der Waals surface area contributed by atoms with Crippen molar-refractivity contribution in [3.8, 4) is 0 Å². The number of rotatable bonds is 4. The molecule has 2 N–H and O–H groups in total. The van der Waals surface area contributed by atoms with Crippen LogP contribution in [0, 0.1) is 6.92 Å². The van der Waals surface area contributed by atoms with Crippen LogP contribution in [-0.4, -0.2) is 27.1 Å². The molecular weight excluding hydrogens is 398 g/mol. The van der Waals surface area contributed by atoms with Gasteiger partial charge in [-0.3, -0.25) is 9.97 Å². The maximum Gasteiger partial charge on any atom is 1.00 e. The van der Waals surface area contributed by atoms with Crippen LogP contribution < -0.4 is 24.3 Å². The smallest absolute Gasteiger partial charge is 0.423 e. The third-order valence-corrected chi connectivity index (χ3v) is 4.69. The number of nitrogens with zero attached hydrogens (tertiary/aromatic N) is 2. The number of pyridine rings is 2. The Balaban J connectivity index is 0.000000222. The summed E-state index contributed by atoms with van der Waals surface area (Å²) < 4.78 is 1.09. The molecule has 2 saturated carbocycles. The van der Waals surface area contributed by atoms with Crippen molar-refractivity contribution in [2.75, 3.05) is 0 Å². The summed E-state index contributed by atoms with van der Waals surface area (Å²) in [6.45, 7) is 5.72. The third kappa shape index (κ3) is 9.41. The van der Waals surface area contributed by atoms with Crippen molar-refractivity contribution in [2.24, 2.45) is 0 Å². The van der Waals surface area contributed by atoms with Crippen LogP contribution >= 0.6 is 15.9 Å². The van der Waals surface area contributed by atoms with Gasteiger partial charge in [0.05, 0.1) is 0 Å². The molecule has 0 bridgehead atoms. The van der Waals surface area contributed by atoms with Gasteiger partial charge in [-0.1, -0.05) is 19.4 Å². The predicted octanol–water partition coefficient (Wildman–Crippen LogP) is 0.985. The molecule has 7 heteroatoms. The number of hydrogen-bond donors (Lipinski definition) is 2. The molecule has 4 nitrogen and oxygen atoms in total. The molecule has 0 saturated heterocycles. The SMILES string of the molecule is Brc1cncc(C2CC2)c1.OB(O)c1cncc(C2CC2)c1.[CH2-]CCC.[Li+]. The third-order valence-electron chi connectivity index (χ3n) is 4.26. The molecule has 2 fully saturated rings. The summed E-state index contributed by atoms with van der Waals surface area (Å²) in [6, 6.07) is 3.97. The van der Waals surface area contributed by atoms with E-state index in [4.69, 9.17) is 10.0 Å². The van der Waals surface area contributed by atoms with E-state index < -0.39 is 7.12 Å². The number of aromatic nitrogens is 2. The van der Waals surface area contributed by atoms with Gasteiger partial charge in [0.25, 0.3) is 0 Å². The van der Waals surface area contributed by atoms with Gasteiger partial charge in [0.15, 0.2) is 0 Å².